The molecule has 2 aromatic heterocycles. The van der Waals surface area contributed by atoms with Gasteiger partial charge >= 0.3 is 0 Å². The van der Waals surface area contributed by atoms with Crippen molar-refractivity contribution in [2.75, 3.05) is 27.2 Å². The van der Waals surface area contributed by atoms with Crippen LogP contribution in [0.5, 0.6) is 0 Å². The highest BCUT2D eigenvalue weighted by atomic mass is 32.2. The fraction of sp³-hybridized carbons (Fsp3) is 0.519. The first-order valence-corrected chi connectivity index (χ1v) is 27.5. The molecule has 0 saturated carbocycles. The van der Waals surface area contributed by atoms with Gasteiger partial charge in [-0.2, -0.15) is 0 Å². The number of likely N-dealkylation sites (tertiary alicyclic amines) is 2. The maximum absolute atomic E-state index is 14.8. The standard InChI is InChI=1S/C54H72N14O6S2/c1-33(55-9)47(71)57-45(53(3,4)5)49(73)65-29-35(24-39(65)31-67-51(59-61-63-67)75-41-20-13-11-14-21-41)26-43(69)37-18-17-19-38(28-37)44(70)27-36-25-40(32-68-52(60-62-64-68)76-42-22-15-12-16-23-42)66(30-36)50(74)46(54(6,7)8)58-48(72)34(2)56-10/h11-23,28,33-36,39-40,45-46,55-56H,24-27,29-32H2,1-10H3,(H,57,71)(H,58,72)/t33-,34-,35+,36+,39-,40-,45+,46+/m0/s1. The second-order valence-electron chi connectivity index (χ2n) is 22.1. The maximum atomic E-state index is 14.8. The summed E-state index contributed by atoms with van der Waals surface area (Å²) in [6, 6.07) is 22.6. The van der Waals surface area contributed by atoms with Crippen LogP contribution in [0.1, 0.15) is 102 Å². The van der Waals surface area contributed by atoms with E-state index in [1.165, 1.54) is 23.5 Å². The fourth-order valence-corrected chi connectivity index (χ4v) is 11.2. The third kappa shape index (κ3) is 14.6. The van der Waals surface area contributed by atoms with Gasteiger partial charge in [0.2, 0.25) is 33.9 Å². The zero-order valence-corrected chi connectivity index (χ0v) is 46.7. The van der Waals surface area contributed by atoms with Crippen LogP contribution in [0.25, 0.3) is 0 Å². The van der Waals surface area contributed by atoms with E-state index in [2.05, 4.69) is 52.3 Å². The van der Waals surface area contributed by atoms with E-state index >= 15 is 0 Å². The summed E-state index contributed by atoms with van der Waals surface area (Å²) in [5.74, 6) is -2.01. The summed E-state index contributed by atoms with van der Waals surface area (Å²) in [7, 11) is 3.37. The molecule has 2 fully saturated rings. The average Bonchev–Trinajstić information content (AvgIpc) is 4.23. The highest BCUT2D eigenvalue weighted by molar-refractivity contribution is 7.99. The molecule has 7 rings (SSSR count). The van der Waals surface area contributed by atoms with Crippen LogP contribution in [0, 0.1) is 22.7 Å². The molecule has 0 spiro atoms. The van der Waals surface area contributed by atoms with Crippen LogP contribution in [0.2, 0.25) is 0 Å². The Morgan fingerprint density at radius 2 is 0.961 bits per heavy atom. The summed E-state index contributed by atoms with van der Waals surface area (Å²) in [4.78, 5) is 90.1. The molecule has 2 aliphatic heterocycles. The molecule has 20 nitrogen and oxygen atoms in total. The summed E-state index contributed by atoms with van der Waals surface area (Å²) in [6.07, 6.45) is 1.13. The van der Waals surface area contributed by atoms with Crippen LogP contribution >= 0.6 is 23.5 Å². The number of Topliss-reactive ketones (excluding diaryl/α,β-unsaturated/α-hetero) is 2. The SMILES string of the molecule is CN[C@@H](C)C(=O)N[C@H](C(=O)N1C[C@@H](CC(=O)c2cccc(C(=O)C[C@H]3C[C@@H](Cn4nnnc4Sc4ccccc4)N(C(=O)[C@@H](NC(=O)[C@H](C)NC)C(C)(C)C)C3)c2)C[C@H]1Cn1nnnc1Sc1ccccc1)C(C)(C)C. The van der Waals surface area contributed by atoms with Crippen molar-refractivity contribution in [2.45, 2.75) is 151 Å². The van der Waals surface area contributed by atoms with Crippen molar-refractivity contribution in [3.63, 3.8) is 0 Å². The molecule has 76 heavy (non-hydrogen) atoms. The Labute approximate surface area is 453 Å². The van der Waals surface area contributed by atoms with Gasteiger partial charge in [-0.05, 0) is 138 Å². The Morgan fingerprint density at radius 1 is 0.579 bits per heavy atom. The minimum atomic E-state index is -0.869. The number of hydrogen-bond donors (Lipinski definition) is 4. The lowest BCUT2D eigenvalue weighted by molar-refractivity contribution is -0.141. The summed E-state index contributed by atoms with van der Waals surface area (Å²) in [5.41, 5.74) is -0.561. The first-order chi connectivity index (χ1) is 36.1. The van der Waals surface area contributed by atoms with E-state index in [1.807, 2.05) is 102 Å². The summed E-state index contributed by atoms with van der Waals surface area (Å²) < 4.78 is 3.36. The maximum Gasteiger partial charge on any atom is 0.246 e. The van der Waals surface area contributed by atoms with E-state index in [0.29, 0.717) is 34.3 Å². The van der Waals surface area contributed by atoms with E-state index in [0.717, 1.165) is 9.79 Å². The smallest absolute Gasteiger partial charge is 0.246 e. The summed E-state index contributed by atoms with van der Waals surface area (Å²) in [5, 5.41) is 38.1. The topological polar surface area (TPSA) is 244 Å². The van der Waals surface area contributed by atoms with E-state index in [4.69, 9.17) is 0 Å². The lowest BCUT2D eigenvalue weighted by Gasteiger charge is -2.36. The van der Waals surface area contributed by atoms with Gasteiger partial charge in [-0.15, -0.1) is 10.2 Å². The Bertz CT molecular complexity index is 2630. The molecule has 2 aliphatic rings. The molecule has 0 bridgehead atoms. The number of aromatic nitrogens is 8. The minimum absolute atomic E-state index is 0.101. The van der Waals surface area contributed by atoms with Gasteiger partial charge in [-0.3, -0.25) is 28.8 Å². The average molecular weight is 1080 g/mol. The number of carbonyl (C=O) groups is 6. The van der Waals surface area contributed by atoms with E-state index < -0.39 is 47.1 Å². The van der Waals surface area contributed by atoms with Crippen molar-refractivity contribution < 1.29 is 28.8 Å². The van der Waals surface area contributed by atoms with Crippen LogP contribution < -0.4 is 21.3 Å². The number of ketones is 2. The minimum Gasteiger partial charge on any atom is -0.342 e. The molecule has 0 radical (unpaired) electrons. The quantitative estimate of drug-likeness (QED) is 0.0650. The first-order valence-electron chi connectivity index (χ1n) is 25.8. The number of nitrogens with one attached hydrogen (secondary N) is 4. The number of likely N-dealkylation sites (N-methyl/N-ethyl adjacent to an activating group) is 2. The number of benzene rings is 3. The predicted octanol–water partition coefficient (Wildman–Crippen LogP) is 5.22. The monoisotopic (exact) mass is 1080 g/mol. The molecule has 22 heteroatoms. The molecule has 8 atom stereocenters. The van der Waals surface area contributed by atoms with E-state index in [9.17, 15) is 28.8 Å². The van der Waals surface area contributed by atoms with Gasteiger partial charge in [0.15, 0.2) is 11.6 Å². The Morgan fingerprint density at radius 3 is 1.32 bits per heavy atom. The first kappa shape index (κ1) is 57.3. The van der Waals surface area contributed by atoms with Crippen molar-refractivity contribution in [1.29, 1.82) is 0 Å². The third-order valence-corrected chi connectivity index (χ3v) is 16.1. The highest BCUT2D eigenvalue weighted by Gasteiger charge is 2.45. The van der Waals surface area contributed by atoms with Gasteiger partial charge in [0.1, 0.15) is 12.1 Å². The highest BCUT2D eigenvalue weighted by Crippen LogP contribution is 2.36. The largest absolute Gasteiger partial charge is 0.342 e. The molecule has 4 heterocycles. The Balaban J connectivity index is 1.08. The summed E-state index contributed by atoms with van der Waals surface area (Å²) in [6.45, 7) is 15.9. The molecule has 5 aromatic rings. The van der Waals surface area contributed by atoms with Gasteiger partial charge in [-0.25, -0.2) is 9.36 Å². The van der Waals surface area contributed by atoms with Gasteiger partial charge in [0.05, 0.1) is 37.3 Å². The lowest BCUT2D eigenvalue weighted by Crippen LogP contribution is -2.58. The summed E-state index contributed by atoms with van der Waals surface area (Å²) >= 11 is 2.81. The van der Waals surface area contributed by atoms with Crippen LogP contribution in [-0.4, -0.2) is 149 Å². The van der Waals surface area contributed by atoms with E-state index in [1.54, 1.807) is 71.4 Å². The molecule has 4 N–H and O–H groups in total. The number of nitrogens with zero attached hydrogens (tertiary/aromatic N) is 10. The van der Waals surface area contributed by atoms with Gasteiger partial charge in [0, 0.05) is 46.8 Å². The van der Waals surface area contributed by atoms with Crippen molar-refractivity contribution >= 4 is 58.7 Å². The van der Waals surface area contributed by atoms with Crippen LogP contribution in [0.3, 0.4) is 0 Å². The van der Waals surface area contributed by atoms with E-state index in [-0.39, 0.29) is 86.1 Å². The molecular formula is C54H72N14O6S2. The van der Waals surface area contributed by atoms with Gasteiger partial charge < -0.3 is 31.1 Å². The number of carbonyl (C=O) groups excluding carboxylic acids is 6. The normalized spacial score (nSPS) is 19.4. The molecule has 0 unspecified atom stereocenters. The lowest BCUT2D eigenvalue weighted by atomic mass is 9.85. The van der Waals surface area contributed by atoms with Crippen LogP contribution in [0.15, 0.2) is 105 Å². The third-order valence-electron chi connectivity index (χ3n) is 14.1. The molecular weight excluding hydrogens is 1000 g/mol. The zero-order valence-electron chi connectivity index (χ0n) is 45.1. The zero-order chi connectivity index (χ0) is 54.9. The van der Waals surface area contributed by atoms with Gasteiger partial charge in [-0.1, -0.05) is 96.1 Å². The Hall–Kier alpha value is -6.36. The van der Waals surface area contributed by atoms with Crippen LogP contribution in [-0.2, 0) is 32.3 Å². The van der Waals surface area contributed by atoms with Crippen molar-refractivity contribution in [3.8, 4) is 0 Å². The second-order valence-corrected chi connectivity index (χ2v) is 24.2. The van der Waals surface area contributed by atoms with Crippen molar-refractivity contribution in [2.24, 2.45) is 22.7 Å². The van der Waals surface area contributed by atoms with Crippen molar-refractivity contribution in [1.82, 2.24) is 71.5 Å². The van der Waals surface area contributed by atoms with Crippen LogP contribution in [0.4, 0.5) is 0 Å². The van der Waals surface area contributed by atoms with Crippen molar-refractivity contribution in [3.05, 3.63) is 96.1 Å². The molecule has 406 valence electrons. The number of tetrazole rings is 2. The Kier molecular flexibility index (Phi) is 19.0. The molecule has 3 aromatic carbocycles. The molecule has 4 amide bonds. The number of hydrogen-bond acceptors (Lipinski definition) is 16. The van der Waals surface area contributed by atoms with Gasteiger partial charge in [0.25, 0.3) is 0 Å². The number of amides is 4. The molecule has 0 aliphatic carbocycles. The fourth-order valence-electron chi connectivity index (χ4n) is 9.62. The molecule has 2 saturated heterocycles. The predicted molar refractivity (Wildman–Crippen MR) is 288 cm³/mol. The second kappa shape index (κ2) is 25.2. The number of rotatable bonds is 22.